The average Bonchev–Trinajstić information content (AvgIpc) is 2.44. The van der Waals surface area contributed by atoms with Gasteiger partial charge in [0.05, 0.1) is 5.02 Å². The van der Waals surface area contributed by atoms with Crippen LogP contribution in [0.25, 0.3) is 0 Å². The van der Waals surface area contributed by atoms with Crippen LogP contribution in [0.3, 0.4) is 0 Å². The first-order valence-electron chi connectivity index (χ1n) is 6.94. The average molecular weight is 333 g/mol. The summed E-state index contributed by atoms with van der Waals surface area (Å²) in [6, 6.07) is 6.33. The molecule has 0 spiro atoms. The van der Waals surface area contributed by atoms with Gasteiger partial charge in [-0.2, -0.15) is 0 Å². The quantitative estimate of drug-likeness (QED) is 0.767. The lowest BCUT2D eigenvalue weighted by atomic mass is 10.1. The monoisotopic (exact) mass is 332 g/mol. The maximum Gasteiger partial charge on any atom is 0.242 e. The Morgan fingerprint density at radius 2 is 1.86 bits per heavy atom. The van der Waals surface area contributed by atoms with Crippen molar-refractivity contribution in [3.63, 3.8) is 0 Å². The van der Waals surface area contributed by atoms with E-state index >= 15 is 0 Å². The normalized spacial score (nSPS) is 11.6. The minimum Gasteiger partial charge on any atom is -0.353 e. The molecular weight excluding hydrogens is 312 g/mol. The third-order valence-corrected chi connectivity index (χ3v) is 5.08. The van der Waals surface area contributed by atoms with Crippen molar-refractivity contribution in [1.82, 2.24) is 10.0 Å². The fraction of sp³-hybridized carbons (Fsp3) is 0.500. The molecule has 0 aromatic heterocycles. The molecule has 0 unspecified atom stereocenters. The zero-order valence-corrected chi connectivity index (χ0v) is 13.8. The van der Waals surface area contributed by atoms with Gasteiger partial charge in [-0.1, -0.05) is 37.6 Å². The number of nitrogens with one attached hydrogen (secondary N) is 2. The highest BCUT2D eigenvalue weighted by molar-refractivity contribution is 7.89. The van der Waals surface area contributed by atoms with Gasteiger partial charge in [0.1, 0.15) is 4.90 Å². The van der Waals surface area contributed by atoms with Crippen molar-refractivity contribution in [1.29, 1.82) is 0 Å². The number of sulfonamides is 1. The van der Waals surface area contributed by atoms with E-state index in [1.165, 1.54) is 12.1 Å². The minimum atomic E-state index is -3.69. The molecule has 1 aromatic rings. The summed E-state index contributed by atoms with van der Waals surface area (Å²) in [5.74, 6) is -0.162. The molecule has 0 saturated heterocycles. The second-order valence-corrected chi connectivity index (χ2v) is 6.80. The van der Waals surface area contributed by atoms with E-state index in [1.54, 1.807) is 12.1 Å². The van der Waals surface area contributed by atoms with E-state index in [1.807, 2.05) is 13.8 Å². The van der Waals surface area contributed by atoms with Crippen molar-refractivity contribution in [3.05, 3.63) is 29.3 Å². The summed E-state index contributed by atoms with van der Waals surface area (Å²) in [6.07, 6.45) is 1.81. The molecular formula is C14H21ClN2O3S. The van der Waals surface area contributed by atoms with Crippen LogP contribution < -0.4 is 10.0 Å². The Bertz CT molecular complexity index is 571. The highest BCUT2D eigenvalue weighted by Crippen LogP contribution is 2.19. The summed E-state index contributed by atoms with van der Waals surface area (Å²) in [5.41, 5.74) is 0. The second kappa shape index (κ2) is 8.36. The lowest BCUT2D eigenvalue weighted by Crippen LogP contribution is -2.36. The molecule has 0 aliphatic carbocycles. The molecule has 0 aliphatic heterocycles. The van der Waals surface area contributed by atoms with Crippen LogP contribution in [-0.2, 0) is 14.8 Å². The zero-order chi connectivity index (χ0) is 15.9. The smallest absolute Gasteiger partial charge is 0.242 e. The van der Waals surface area contributed by atoms with Gasteiger partial charge in [-0.05, 0) is 25.0 Å². The zero-order valence-electron chi connectivity index (χ0n) is 12.2. The first-order chi connectivity index (χ1) is 9.90. The predicted octanol–water partition coefficient (Wildman–Crippen LogP) is 2.31. The molecule has 1 rings (SSSR count). The molecule has 0 bridgehead atoms. The van der Waals surface area contributed by atoms with Crippen LogP contribution in [0.1, 0.15) is 33.1 Å². The minimum absolute atomic E-state index is 0.0204. The van der Waals surface area contributed by atoms with E-state index in [0.717, 1.165) is 12.8 Å². The van der Waals surface area contributed by atoms with Crippen molar-refractivity contribution in [3.8, 4) is 0 Å². The molecule has 0 saturated carbocycles. The van der Waals surface area contributed by atoms with Crippen molar-refractivity contribution in [2.24, 2.45) is 0 Å². The first kappa shape index (κ1) is 17.9. The summed E-state index contributed by atoms with van der Waals surface area (Å²) in [7, 11) is -3.69. The summed E-state index contributed by atoms with van der Waals surface area (Å²) in [5, 5.41) is 3.01. The fourth-order valence-corrected chi connectivity index (χ4v) is 3.38. The van der Waals surface area contributed by atoms with Crippen molar-refractivity contribution in [2.45, 2.75) is 44.0 Å². The first-order valence-corrected chi connectivity index (χ1v) is 8.80. The Labute approximate surface area is 131 Å². The van der Waals surface area contributed by atoms with Crippen LogP contribution in [0.15, 0.2) is 29.2 Å². The Morgan fingerprint density at radius 3 is 2.43 bits per heavy atom. The number of halogens is 1. The van der Waals surface area contributed by atoms with E-state index < -0.39 is 10.0 Å². The molecule has 1 aromatic carbocycles. The van der Waals surface area contributed by atoms with Gasteiger partial charge < -0.3 is 5.32 Å². The number of benzene rings is 1. The van der Waals surface area contributed by atoms with Gasteiger partial charge in [0.2, 0.25) is 15.9 Å². The summed E-state index contributed by atoms with van der Waals surface area (Å²) >= 11 is 5.86. The molecule has 0 atom stereocenters. The summed E-state index contributed by atoms with van der Waals surface area (Å²) < 4.78 is 26.5. The van der Waals surface area contributed by atoms with E-state index in [4.69, 9.17) is 11.6 Å². The molecule has 1 amide bonds. The van der Waals surface area contributed by atoms with E-state index in [-0.39, 0.29) is 34.8 Å². The predicted molar refractivity (Wildman–Crippen MR) is 83.8 cm³/mol. The maximum atomic E-state index is 12.0. The molecule has 0 fully saturated rings. The van der Waals surface area contributed by atoms with E-state index in [0.29, 0.717) is 0 Å². The van der Waals surface area contributed by atoms with Crippen molar-refractivity contribution in [2.75, 3.05) is 6.54 Å². The van der Waals surface area contributed by atoms with Gasteiger partial charge >= 0.3 is 0 Å². The number of carbonyl (C=O) groups excluding carboxylic acids is 1. The lowest BCUT2D eigenvalue weighted by Gasteiger charge is -2.14. The van der Waals surface area contributed by atoms with Gasteiger partial charge in [0, 0.05) is 19.0 Å². The molecule has 5 nitrogen and oxygen atoms in total. The Hall–Kier alpha value is -1.11. The number of hydrogen-bond donors (Lipinski definition) is 2. The fourth-order valence-electron chi connectivity index (χ4n) is 1.83. The van der Waals surface area contributed by atoms with E-state index in [2.05, 4.69) is 10.0 Å². The third kappa shape index (κ3) is 5.65. The standard InChI is InChI=1S/C14H21ClN2O3S/c1-3-11(4-2)17-14(18)9-10-16-21(19,20)13-8-6-5-7-12(13)15/h5-8,11,16H,3-4,9-10H2,1-2H3,(H,17,18). The number of amides is 1. The number of rotatable bonds is 8. The SMILES string of the molecule is CCC(CC)NC(=O)CCNS(=O)(=O)c1ccccc1Cl. The van der Waals surface area contributed by atoms with Crippen LogP contribution >= 0.6 is 11.6 Å². The van der Waals surface area contributed by atoms with Crippen LogP contribution in [0.5, 0.6) is 0 Å². The van der Waals surface area contributed by atoms with Crippen molar-refractivity contribution >= 4 is 27.5 Å². The number of hydrogen-bond acceptors (Lipinski definition) is 3. The maximum absolute atomic E-state index is 12.0. The molecule has 0 radical (unpaired) electrons. The Morgan fingerprint density at radius 1 is 1.24 bits per heavy atom. The van der Waals surface area contributed by atoms with Gasteiger partial charge in [-0.3, -0.25) is 4.79 Å². The molecule has 0 aliphatic rings. The van der Waals surface area contributed by atoms with Gasteiger partial charge in [-0.15, -0.1) is 0 Å². The molecule has 0 heterocycles. The van der Waals surface area contributed by atoms with Crippen molar-refractivity contribution < 1.29 is 13.2 Å². The van der Waals surface area contributed by atoms with E-state index in [9.17, 15) is 13.2 Å². The lowest BCUT2D eigenvalue weighted by molar-refractivity contribution is -0.121. The third-order valence-electron chi connectivity index (χ3n) is 3.12. The molecule has 7 heteroatoms. The molecule has 2 N–H and O–H groups in total. The highest BCUT2D eigenvalue weighted by atomic mass is 35.5. The van der Waals surface area contributed by atoms with Crippen LogP contribution in [0, 0.1) is 0 Å². The van der Waals surface area contributed by atoms with Gasteiger partial charge in [-0.25, -0.2) is 13.1 Å². The topological polar surface area (TPSA) is 75.3 Å². The van der Waals surface area contributed by atoms with Crippen LogP contribution in [0.2, 0.25) is 5.02 Å². The van der Waals surface area contributed by atoms with Gasteiger partial charge in [0.25, 0.3) is 0 Å². The number of carbonyl (C=O) groups is 1. The van der Waals surface area contributed by atoms with Gasteiger partial charge in [0.15, 0.2) is 0 Å². The second-order valence-electron chi connectivity index (χ2n) is 4.66. The largest absolute Gasteiger partial charge is 0.353 e. The molecule has 118 valence electrons. The summed E-state index contributed by atoms with van der Waals surface area (Å²) in [6.45, 7) is 4.03. The molecule has 21 heavy (non-hydrogen) atoms. The van der Waals surface area contributed by atoms with Crippen LogP contribution in [0.4, 0.5) is 0 Å². The highest BCUT2D eigenvalue weighted by Gasteiger charge is 2.17. The Kier molecular flexibility index (Phi) is 7.14. The van der Waals surface area contributed by atoms with Crippen LogP contribution in [-0.4, -0.2) is 26.9 Å². The Balaban J connectivity index is 2.52. The summed E-state index contributed by atoms with van der Waals surface area (Å²) in [4.78, 5) is 11.7.